The van der Waals surface area contributed by atoms with Gasteiger partial charge in [0.25, 0.3) is 0 Å². The van der Waals surface area contributed by atoms with Crippen molar-refractivity contribution in [3.63, 3.8) is 0 Å². The van der Waals surface area contributed by atoms with Gasteiger partial charge in [0.2, 0.25) is 0 Å². The zero-order valence-electron chi connectivity index (χ0n) is 10.3. The first kappa shape index (κ1) is 15.8. The summed E-state index contributed by atoms with van der Waals surface area (Å²) in [6, 6.07) is 5.14. The molecular weight excluding hydrogens is 238 g/mol. The molecule has 0 saturated carbocycles. The van der Waals surface area contributed by atoms with E-state index in [1.165, 1.54) is 0 Å². The molecule has 0 radical (unpaired) electrons. The van der Waals surface area contributed by atoms with Crippen LogP contribution in [-0.4, -0.2) is 11.7 Å². The highest BCUT2D eigenvalue weighted by molar-refractivity contribution is 5.85. The molecule has 0 saturated heterocycles. The quantitative estimate of drug-likeness (QED) is 0.797. The molecule has 17 heavy (non-hydrogen) atoms. The van der Waals surface area contributed by atoms with Crippen LogP contribution in [0, 0.1) is 0 Å². The Bertz CT molecular complexity index is 380. The van der Waals surface area contributed by atoms with Gasteiger partial charge in [-0.15, -0.1) is 19.0 Å². The third kappa shape index (κ3) is 4.29. The Morgan fingerprint density at radius 1 is 1.53 bits per heavy atom. The van der Waals surface area contributed by atoms with Gasteiger partial charge in [0, 0.05) is 11.6 Å². The first-order valence-corrected chi connectivity index (χ1v) is 5.40. The summed E-state index contributed by atoms with van der Waals surface area (Å²) in [5.41, 5.74) is 7.68. The van der Waals surface area contributed by atoms with E-state index >= 15 is 0 Å². The summed E-state index contributed by atoms with van der Waals surface area (Å²) in [6.07, 6.45) is 0.656. The van der Waals surface area contributed by atoms with Crippen LogP contribution in [0.2, 0.25) is 0 Å². The number of rotatable bonds is 5. The van der Waals surface area contributed by atoms with Crippen molar-refractivity contribution in [2.24, 2.45) is 5.73 Å². The van der Waals surface area contributed by atoms with Crippen LogP contribution in [0.1, 0.15) is 31.9 Å². The molecule has 0 spiro atoms. The zero-order chi connectivity index (χ0) is 12.1. The van der Waals surface area contributed by atoms with Gasteiger partial charge in [-0.1, -0.05) is 17.7 Å². The summed E-state index contributed by atoms with van der Waals surface area (Å²) in [5.74, 6) is 0.621. The maximum Gasteiger partial charge on any atom is 0.162 e. The number of benzene rings is 1. The second-order valence-corrected chi connectivity index (χ2v) is 3.89. The molecule has 1 aromatic rings. The van der Waals surface area contributed by atoms with E-state index < -0.39 is 0 Å². The van der Waals surface area contributed by atoms with Crippen molar-refractivity contribution in [3.8, 4) is 11.5 Å². The van der Waals surface area contributed by atoms with Gasteiger partial charge in [-0.2, -0.15) is 0 Å². The smallest absolute Gasteiger partial charge is 0.162 e. The van der Waals surface area contributed by atoms with E-state index in [1.807, 2.05) is 26.0 Å². The molecule has 3 nitrogen and oxygen atoms in total. The SMILES string of the molecule is C=C(C)C[C@@H](N)c1cccc(OCC)c1O.Cl. The first-order chi connectivity index (χ1) is 7.56. The summed E-state index contributed by atoms with van der Waals surface area (Å²) >= 11 is 0. The molecule has 0 aliphatic rings. The molecule has 0 unspecified atom stereocenters. The fourth-order valence-electron chi connectivity index (χ4n) is 1.60. The number of aromatic hydroxyl groups is 1. The van der Waals surface area contributed by atoms with Gasteiger partial charge in [0.05, 0.1) is 6.61 Å². The fraction of sp³-hybridized carbons (Fsp3) is 0.385. The largest absolute Gasteiger partial charge is 0.504 e. The molecule has 0 bridgehead atoms. The van der Waals surface area contributed by atoms with Gasteiger partial charge in [0.1, 0.15) is 0 Å². The Balaban J connectivity index is 0.00000256. The third-order valence-electron chi connectivity index (χ3n) is 2.30. The maximum atomic E-state index is 9.97. The molecule has 0 aliphatic carbocycles. The van der Waals surface area contributed by atoms with Crippen molar-refractivity contribution >= 4 is 12.4 Å². The van der Waals surface area contributed by atoms with Gasteiger partial charge < -0.3 is 15.6 Å². The lowest BCUT2D eigenvalue weighted by atomic mass is 10.00. The van der Waals surface area contributed by atoms with E-state index in [4.69, 9.17) is 10.5 Å². The van der Waals surface area contributed by atoms with Gasteiger partial charge in [-0.25, -0.2) is 0 Å². The fourth-order valence-corrected chi connectivity index (χ4v) is 1.60. The average molecular weight is 258 g/mol. The highest BCUT2D eigenvalue weighted by Gasteiger charge is 2.14. The summed E-state index contributed by atoms with van der Waals surface area (Å²) < 4.78 is 5.30. The highest BCUT2D eigenvalue weighted by Crippen LogP contribution is 2.34. The second-order valence-electron chi connectivity index (χ2n) is 3.89. The Morgan fingerprint density at radius 2 is 2.18 bits per heavy atom. The lowest BCUT2D eigenvalue weighted by Crippen LogP contribution is -2.11. The normalized spacial score (nSPS) is 11.5. The minimum atomic E-state index is -0.238. The zero-order valence-corrected chi connectivity index (χ0v) is 11.1. The van der Waals surface area contributed by atoms with Crippen molar-refractivity contribution in [2.75, 3.05) is 6.61 Å². The summed E-state index contributed by atoms with van der Waals surface area (Å²) in [6.45, 7) is 8.13. The molecule has 4 heteroatoms. The third-order valence-corrected chi connectivity index (χ3v) is 2.30. The molecule has 96 valence electrons. The lowest BCUT2D eigenvalue weighted by molar-refractivity contribution is 0.315. The van der Waals surface area contributed by atoms with Crippen LogP contribution >= 0.6 is 12.4 Å². The van der Waals surface area contributed by atoms with Crippen molar-refractivity contribution in [1.82, 2.24) is 0 Å². The highest BCUT2D eigenvalue weighted by atomic mass is 35.5. The van der Waals surface area contributed by atoms with E-state index in [-0.39, 0.29) is 24.2 Å². The number of hydrogen-bond acceptors (Lipinski definition) is 3. The van der Waals surface area contributed by atoms with Crippen LogP contribution < -0.4 is 10.5 Å². The summed E-state index contributed by atoms with van der Waals surface area (Å²) in [7, 11) is 0. The van der Waals surface area contributed by atoms with Crippen LogP contribution in [0.15, 0.2) is 30.4 Å². The molecule has 0 aromatic heterocycles. The molecule has 1 rings (SSSR count). The molecule has 0 amide bonds. The van der Waals surface area contributed by atoms with Gasteiger partial charge >= 0.3 is 0 Å². The number of para-hydroxylation sites is 1. The number of halogens is 1. The number of nitrogens with two attached hydrogens (primary N) is 1. The van der Waals surface area contributed by atoms with Crippen LogP contribution in [0.25, 0.3) is 0 Å². The minimum absolute atomic E-state index is 0. The predicted molar refractivity (Wildman–Crippen MR) is 72.9 cm³/mol. The monoisotopic (exact) mass is 257 g/mol. The van der Waals surface area contributed by atoms with E-state index in [0.717, 1.165) is 5.57 Å². The van der Waals surface area contributed by atoms with Crippen LogP contribution in [0.3, 0.4) is 0 Å². The van der Waals surface area contributed by atoms with E-state index in [1.54, 1.807) is 6.07 Å². The van der Waals surface area contributed by atoms with Crippen LogP contribution in [0.5, 0.6) is 11.5 Å². The molecule has 1 atom stereocenters. The van der Waals surface area contributed by atoms with E-state index in [9.17, 15) is 5.11 Å². The number of phenolic OH excluding ortho intramolecular Hbond substituents is 1. The first-order valence-electron chi connectivity index (χ1n) is 5.40. The maximum absolute atomic E-state index is 9.97. The average Bonchev–Trinajstić information content (AvgIpc) is 2.20. The van der Waals surface area contributed by atoms with Crippen LogP contribution in [0.4, 0.5) is 0 Å². The van der Waals surface area contributed by atoms with Crippen molar-refractivity contribution in [1.29, 1.82) is 0 Å². The number of hydrogen-bond donors (Lipinski definition) is 2. The molecular formula is C13H20ClNO2. The molecule has 0 fully saturated rings. The van der Waals surface area contributed by atoms with Crippen molar-refractivity contribution < 1.29 is 9.84 Å². The van der Waals surface area contributed by atoms with Crippen molar-refractivity contribution in [2.45, 2.75) is 26.3 Å². The number of phenols is 1. The minimum Gasteiger partial charge on any atom is -0.504 e. The van der Waals surface area contributed by atoms with E-state index in [2.05, 4.69) is 6.58 Å². The van der Waals surface area contributed by atoms with Gasteiger partial charge in [0.15, 0.2) is 11.5 Å². The van der Waals surface area contributed by atoms with E-state index in [0.29, 0.717) is 24.3 Å². The lowest BCUT2D eigenvalue weighted by Gasteiger charge is -2.15. The summed E-state index contributed by atoms with van der Waals surface area (Å²) in [4.78, 5) is 0. The Labute approximate surface area is 109 Å². The second kappa shape index (κ2) is 7.20. The topological polar surface area (TPSA) is 55.5 Å². The molecule has 1 aromatic carbocycles. The van der Waals surface area contributed by atoms with Gasteiger partial charge in [-0.05, 0) is 26.3 Å². The Morgan fingerprint density at radius 3 is 2.71 bits per heavy atom. The Hall–Kier alpha value is -1.19. The standard InChI is InChI=1S/C13H19NO2.ClH/c1-4-16-12-7-5-6-10(13(12)15)11(14)8-9(2)3;/h5-7,11,15H,2,4,8,14H2,1,3H3;1H/t11-;/m1./s1. The molecule has 0 heterocycles. The molecule has 0 aliphatic heterocycles. The van der Waals surface area contributed by atoms with Crippen molar-refractivity contribution in [3.05, 3.63) is 35.9 Å². The molecule has 3 N–H and O–H groups in total. The summed E-state index contributed by atoms with van der Waals surface area (Å²) in [5, 5.41) is 9.97. The van der Waals surface area contributed by atoms with Crippen LogP contribution in [-0.2, 0) is 0 Å². The Kier molecular flexibility index (Phi) is 6.69. The number of ether oxygens (including phenoxy) is 1. The van der Waals surface area contributed by atoms with Gasteiger partial charge in [-0.3, -0.25) is 0 Å². The predicted octanol–water partition coefficient (Wildman–Crippen LogP) is 3.18.